The van der Waals surface area contributed by atoms with E-state index < -0.39 is 0 Å². The molecule has 0 aliphatic carbocycles. The standard InChI is InChI=1S/C13H22N2O/c1-13(2,16-3)12(15-14)10-9-11-7-5-4-6-8-11/h4-8,12,15H,9-10,14H2,1-3H3. The smallest absolute Gasteiger partial charge is 0.0788 e. The molecular formula is C13H22N2O. The predicted octanol–water partition coefficient (Wildman–Crippen LogP) is 1.88. The van der Waals surface area contributed by atoms with Gasteiger partial charge in [0, 0.05) is 13.2 Å². The Morgan fingerprint density at radius 3 is 2.44 bits per heavy atom. The Bertz CT molecular complexity index is 298. The van der Waals surface area contributed by atoms with Gasteiger partial charge in [0.1, 0.15) is 0 Å². The zero-order valence-corrected chi connectivity index (χ0v) is 10.4. The number of hydrazine groups is 1. The molecule has 1 atom stereocenters. The van der Waals surface area contributed by atoms with E-state index in [1.54, 1.807) is 7.11 Å². The fourth-order valence-corrected chi connectivity index (χ4v) is 1.73. The molecule has 0 aliphatic heterocycles. The third-order valence-corrected chi connectivity index (χ3v) is 3.13. The Balaban J connectivity index is 2.53. The van der Waals surface area contributed by atoms with Crippen molar-refractivity contribution in [3.05, 3.63) is 35.9 Å². The number of ether oxygens (including phenoxy) is 1. The third-order valence-electron chi connectivity index (χ3n) is 3.13. The van der Waals surface area contributed by atoms with Crippen molar-refractivity contribution in [2.75, 3.05) is 7.11 Å². The van der Waals surface area contributed by atoms with Crippen LogP contribution in [0.5, 0.6) is 0 Å². The maximum absolute atomic E-state index is 5.57. The molecule has 0 fully saturated rings. The van der Waals surface area contributed by atoms with E-state index in [9.17, 15) is 0 Å². The fourth-order valence-electron chi connectivity index (χ4n) is 1.73. The molecule has 0 saturated carbocycles. The summed E-state index contributed by atoms with van der Waals surface area (Å²) in [6.45, 7) is 4.09. The van der Waals surface area contributed by atoms with Gasteiger partial charge in [-0.1, -0.05) is 30.3 Å². The van der Waals surface area contributed by atoms with Crippen molar-refractivity contribution in [1.82, 2.24) is 5.43 Å². The largest absolute Gasteiger partial charge is 0.377 e. The van der Waals surface area contributed by atoms with Crippen LogP contribution in [0.2, 0.25) is 0 Å². The van der Waals surface area contributed by atoms with Crippen LogP contribution in [-0.2, 0) is 11.2 Å². The quantitative estimate of drug-likeness (QED) is 0.570. The van der Waals surface area contributed by atoms with Crippen LogP contribution in [0.3, 0.4) is 0 Å². The van der Waals surface area contributed by atoms with Gasteiger partial charge in [-0.25, -0.2) is 0 Å². The number of hydrogen-bond acceptors (Lipinski definition) is 3. The van der Waals surface area contributed by atoms with Gasteiger partial charge < -0.3 is 4.74 Å². The number of rotatable bonds is 6. The van der Waals surface area contributed by atoms with E-state index in [1.165, 1.54) is 5.56 Å². The first-order valence-electron chi connectivity index (χ1n) is 5.65. The van der Waals surface area contributed by atoms with Gasteiger partial charge in [0.2, 0.25) is 0 Å². The zero-order valence-electron chi connectivity index (χ0n) is 10.4. The van der Waals surface area contributed by atoms with E-state index in [0.29, 0.717) is 0 Å². The molecule has 1 aromatic carbocycles. The van der Waals surface area contributed by atoms with Gasteiger partial charge in [0.25, 0.3) is 0 Å². The summed E-state index contributed by atoms with van der Waals surface area (Å²) >= 11 is 0. The second-order valence-electron chi connectivity index (χ2n) is 4.55. The molecule has 0 amide bonds. The first-order chi connectivity index (χ1) is 7.60. The molecule has 0 saturated heterocycles. The molecule has 0 aromatic heterocycles. The number of hydrogen-bond donors (Lipinski definition) is 2. The van der Waals surface area contributed by atoms with E-state index in [0.717, 1.165) is 12.8 Å². The highest BCUT2D eigenvalue weighted by atomic mass is 16.5. The number of benzene rings is 1. The summed E-state index contributed by atoms with van der Waals surface area (Å²) < 4.78 is 5.44. The van der Waals surface area contributed by atoms with Crippen LogP contribution < -0.4 is 11.3 Å². The predicted molar refractivity (Wildman–Crippen MR) is 67.0 cm³/mol. The highest BCUT2D eigenvalue weighted by molar-refractivity contribution is 5.15. The van der Waals surface area contributed by atoms with Gasteiger partial charge in [-0.3, -0.25) is 11.3 Å². The Morgan fingerprint density at radius 2 is 1.94 bits per heavy atom. The normalized spacial score (nSPS) is 13.8. The lowest BCUT2D eigenvalue weighted by Crippen LogP contribution is -2.51. The van der Waals surface area contributed by atoms with Crippen molar-refractivity contribution >= 4 is 0 Å². The van der Waals surface area contributed by atoms with Gasteiger partial charge in [-0.2, -0.15) is 0 Å². The maximum atomic E-state index is 5.57. The summed E-state index contributed by atoms with van der Waals surface area (Å²) in [7, 11) is 1.72. The molecule has 3 nitrogen and oxygen atoms in total. The molecule has 90 valence electrons. The van der Waals surface area contributed by atoms with E-state index in [2.05, 4.69) is 29.7 Å². The van der Waals surface area contributed by atoms with E-state index in [-0.39, 0.29) is 11.6 Å². The number of methoxy groups -OCH3 is 1. The van der Waals surface area contributed by atoms with E-state index >= 15 is 0 Å². The Hall–Kier alpha value is -0.900. The average molecular weight is 222 g/mol. The molecule has 3 N–H and O–H groups in total. The Morgan fingerprint density at radius 1 is 1.31 bits per heavy atom. The fraction of sp³-hybridized carbons (Fsp3) is 0.538. The summed E-state index contributed by atoms with van der Waals surface area (Å²) in [6.07, 6.45) is 1.96. The molecule has 16 heavy (non-hydrogen) atoms. The van der Waals surface area contributed by atoms with Gasteiger partial charge in [-0.05, 0) is 32.3 Å². The molecule has 1 aromatic rings. The Kier molecular flexibility index (Phi) is 4.93. The van der Waals surface area contributed by atoms with Crippen molar-refractivity contribution < 1.29 is 4.74 Å². The topological polar surface area (TPSA) is 47.3 Å². The van der Waals surface area contributed by atoms with Crippen molar-refractivity contribution in [3.63, 3.8) is 0 Å². The van der Waals surface area contributed by atoms with Gasteiger partial charge >= 0.3 is 0 Å². The van der Waals surface area contributed by atoms with Crippen LogP contribution in [-0.4, -0.2) is 18.8 Å². The highest BCUT2D eigenvalue weighted by Gasteiger charge is 2.27. The second kappa shape index (κ2) is 5.99. The van der Waals surface area contributed by atoms with Crippen molar-refractivity contribution in [3.8, 4) is 0 Å². The second-order valence-corrected chi connectivity index (χ2v) is 4.55. The SMILES string of the molecule is COC(C)(C)C(CCc1ccccc1)NN. The van der Waals surface area contributed by atoms with Crippen LogP contribution in [0.1, 0.15) is 25.8 Å². The first kappa shape index (κ1) is 13.2. The summed E-state index contributed by atoms with van der Waals surface area (Å²) in [6, 6.07) is 10.6. The van der Waals surface area contributed by atoms with Gasteiger partial charge in [-0.15, -0.1) is 0 Å². The lowest BCUT2D eigenvalue weighted by molar-refractivity contribution is -0.0124. The third kappa shape index (κ3) is 3.59. The first-order valence-corrected chi connectivity index (χ1v) is 5.65. The lowest BCUT2D eigenvalue weighted by Gasteiger charge is -2.32. The minimum absolute atomic E-state index is 0.151. The average Bonchev–Trinajstić information content (AvgIpc) is 2.31. The molecule has 0 heterocycles. The van der Waals surface area contributed by atoms with E-state index in [1.807, 2.05) is 19.9 Å². The molecule has 1 rings (SSSR count). The zero-order chi connectivity index (χ0) is 12.0. The van der Waals surface area contributed by atoms with Crippen molar-refractivity contribution in [2.24, 2.45) is 5.84 Å². The number of aryl methyl sites for hydroxylation is 1. The molecule has 0 bridgehead atoms. The molecular weight excluding hydrogens is 200 g/mol. The molecule has 0 spiro atoms. The van der Waals surface area contributed by atoms with Gasteiger partial charge in [0.15, 0.2) is 0 Å². The molecule has 1 unspecified atom stereocenters. The van der Waals surface area contributed by atoms with Crippen LogP contribution in [0.4, 0.5) is 0 Å². The summed E-state index contributed by atoms with van der Waals surface area (Å²) in [4.78, 5) is 0. The number of nitrogens with two attached hydrogens (primary N) is 1. The summed E-state index contributed by atoms with van der Waals surface area (Å²) in [5.74, 6) is 5.57. The number of nitrogens with one attached hydrogen (secondary N) is 1. The maximum Gasteiger partial charge on any atom is 0.0788 e. The summed E-state index contributed by atoms with van der Waals surface area (Å²) in [5, 5.41) is 0. The highest BCUT2D eigenvalue weighted by Crippen LogP contribution is 2.18. The molecule has 3 heteroatoms. The van der Waals surface area contributed by atoms with E-state index in [4.69, 9.17) is 10.6 Å². The molecule has 0 radical (unpaired) electrons. The van der Waals surface area contributed by atoms with Crippen LogP contribution in [0.25, 0.3) is 0 Å². The minimum Gasteiger partial charge on any atom is -0.377 e. The van der Waals surface area contributed by atoms with Crippen LogP contribution in [0.15, 0.2) is 30.3 Å². The summed E-state index contributed by atoms with van der Waals surface area (Å²) in [5.41, 5.74) is 3.92. The van der Waals surface area contributed by atoms with Crippen molar-refractivity contribution in [2.45, 2.75) is 38.3 Å². The molecule has 0 aliphatic rings. The minimum atomic E-state index is -0.246. The van der Waals surface area contributed by atoms with Crippen molar-refractivity contribution in [1.29, 1.82) is 0 Å². The van der Waals surface area contributed by atoms with Crippen LogP contribution in [0, 0.1) is 0 Å². The monoisotopic (exact) mass is 222 g/mol. The Labute approximate surface area is 98.0 Å². The van der Waals surface area contributed by atoms with Gasteiger partial charge in [0.05, 0.1) is 5.60 Å². The lowest BCUT2D eigenvalue weighted by atomic mass is 9.93. The van der Waals surface area contributed by atoms with Crippen LogP contribution >= 0.6 is 0 Å².